The molecular weight excluding hydrogens is 202 g/mol. The monoisotopic (exact) mass is 221 g/mol. The molecule has 3 nitrogen and oxygen atoms in total. The first kappa shape index (κ1) is 12.6. The number of benzene rings is 1. The molecule has 1 aromatic rings. The van der Waals surface area contributed by atoms with Crippen molar-refractivity contribution in [2.24, 2.45) is 0 Å². The summed E-state index contributed by atoms with van der Waals surface area (Å²) in [6.45, 7) is 4.21. The lowest BCUT2D eigenvalue weighted by molar-refractivity contribution is -0.117. The summed E-state index contributed by atoms with van der Waals surface area (Å²) >= 11 is 0. The average molecular weight is 221 g/mol. The summed E-state index contributed by atoms with van der Waals surface area (Å²) in [6.07, 6.45) is 2.42. The van der Waals surface area contributed by atoms with E-state index in [4.69, 9.17) is 10.5 Å². The van der Waals surface area contributed by atoms with E-state index < -0.39 is 0 Å². The molecule has 0 aromatic heterocycles. The molecule has 0 saturated heterocycles. The molecule has 3 heteroatoms. The van der Waals surface area contributed by atoms with Gasteiger partial charge < -0.3 is 15.3 Å². The van der Waals surface area contributed by atoms with E-state index in [0.29, 0.717) is 13.0 Å². The van der Waals surface area contributed by atoms with Gasteiger partial charge in [0.1, 0.15) is 11.5 Å². The van der Waals surface area contributed by atoms with Crippen LogP contribution >= 0.6 is 0 Å². The van der Waals surface area contributed by atoms with Crippen molar-refractivity contribution in [1.82, 2.24) is 0 Å². The number of carbonyl (C=O) groups is 1. The summed E-state index contributed by atoms with van der Waals surface area (Å²) in [5.41, 5.74) is 7.58. The van der Waals surface area contributed by atoms with E-state index in [9.17, 15) is 4.79 Å². The number of Topliss-reactive ketones (excluding diaryl/α,β-unsaturated/α-hetero) is 1. The van der Waals surface area contributed by atoms with Crippen LogP contribution in [0.4, 0.5) is 5.69 Å². The van der Waals surface area contributed by atoms with E-state index in [-0.39, 0.29) is 5.78 Å². The van der Waals surface area contributed by atoms with E-state index in [0.717, 1.165) is 29.8 Å². The number of anilines is 1. The standard InChI is InChI=1S/C13H19NO2/c1-10-6-7-12(9-13(10)14)16-8-4-3-5-11(2)15/h6-7,9H,3-5,8,14H2,1-2H3. The molecule has 0 aliphatic heterocycles. The number of unbranched alkanes of at least 4 members (excludes halogenated alkanes) is 1. The fourth-order valence-electron chi connectivity index (χ4n) is 1.37. The molecule has 2 N–H and O–H groups in total. The van der Waals surface area contributed by atoms with Gasteiger partial charge in [-0.1, -0.05) is 6.07 Å². The summed E-state index contributed by atoms with van der Waals surface area (Å²) < 4.78 is 5.53. The Morgan fingerprint density at radius 1 is 1.38 bits per heavy atom. The Morgan fingerprint density at radius 3 is 2.75 bits per heavy atom. The lowest BCUT2D eigenvalue weighted by Crippen LogP contribution is -2.00. The third-order valence-electron chi connectivity index (χ3n) is 2.44. The third kappa shape index (κ3) is 4.34. The fraction of sp³-hybridized carbons (Fsp3) is 0.462. The second-order valence-electron chi connectivity index (χ2n) is 4.03. The van der Waals surface area contributed by atoms with Crippen molar-refractivity contribution >= 4 is 11.5 Å². The van der Waals surface area contributed by atoms with E-state index in [2.05, 4.69) is 0 Å². The van der Waals surface area contributed by atoms with Gasteiger partial charge in [0, 0.05) is 18.2 Å². The van der Waals surface area contributed by atoms with E-state index in [1.165, 1.54) is 0 Å². The van der Waals surface area contributed by atoms with Crippen molar-refractivity contribution in [3.63, 3.8) is 0 Å². The summed E-state index contributed by atoms with van der Waals surface area (Å²) in [5.74, 6) is 1.03. The molecule has 0 unspecified atom stereocenters. The van der Waals surface area contributed by atoms with Crippen molar-refractivity contribution in [2.75, 3.05) is 12.3 Å². The van der Waals surface area contributed by atoms with Crippen molar-refractivity contribution in [1.29, 1.82) is 0 Å². The largest absolute Gasteiger partial charge is 0.494 e. The molecule has 1 rings (SSSR count). The second kappa shape index (κ2) is 6.16. The van der Waals surface area contributed by atoms with Gasteiger partial charge in [0.25, 0.3) is 0 Å². The average Bonchev–Trinajstić information content (AvgIpc) is 2.22. The lowest BCUT2D eigenvalue weighted by atomic mass is 10.2. The van der Waals surface area contributed by atoms with Crippen LogP contribution in [-0.2, 0) is 4.79 Å². The number of nitrogens with two attached hydrogens (primary N) is 1. The fourth-order valence-corrected chi connectivity index (χ4v) is 1.37. The van der Waals surface area contributed by atoms with Gasteiger partial charge in [0.2, 0.25) is 0 Å². The van der Waals surface area contributed by atoms with E-state index in [1.54, 1.807) is 6.92 Å². The van der Waals surface area contributed by atoms with Crippen molar-refractivity contribution in [2.45, 2.75) is 33.1 Å². The number of rotatable bonds is 6. The molecule has 0 saturated carbocycles. The molecule has 88 valence electrons. The second-order valence-corrected chi connectivity index (χ2v) is 4.03. The van der Waals surface area contributed by atoms with Crippen LogP contribution in [-0.4, -0.2) is 12.4 Å². The molecule has 0 fully saturated rings. The summed E-state index contributed by atoms with van der Waals surface area (Å²) in [7, 11) is 0. The highest BCUT2D eigenvalue weighted by Crippen LogP contribution is 2.19. The van der Waals surface area contributed by atoms with Crippen molar-refractivity contribution < 1.29 is 9.53 Å². The normalized spacial score (nSPS) is 10.1. The van der Waals surface area contributed by atoms with Crippen LogP contribution in [0.2, 0.25) is 0 Å². The number of ether oxygens (including phenoxy) is 1. The zero-order valence-electron chi connectivity index (χ0n) is 9.95. The van der Waals surface area contributed by atoms with Gasteiger partial charge in [-0.15, -0.1) is 0 Å². The predicted octanol–water partition coefficient (Wildman–Crippen LogP) is 2.72. The third-order valence-corrected chi connectivity index (χ3v) is 2.44. The highest BCUT2D eigenvalue weighted by atomic mass is 16.5. The zero-order valence-corrected chi connectivity index (χ0v) is 9.95. The SMILES string of the molecule is CC(=O)CCCCOc1ccc(C)c(N)c1. The molecule has 1 aromatic carbocycles. The number of hydrogen-bond acceptors (Lipinski definition) is 3. The molecule has 0 bridgehead atoms. The Kier molecular flexibility index (Phi) is 4.83. The van der Waals surface area contributed by atoms with Crippen molar-refractivity contribution in [3.05, 3.63) is 23.8 Å². The summed E-state index contributed by atoms with van der Waals surface area (Å²) in [4.78, 5) is 10.7. The predicted molar refractivity (Wildman–Crippen MR) is 65.6 cm³/mol. The molecule has 0 amide bonds. The number of hydrogen-bond donors (Lipinski definition) is 1. The lowest BCUT2D eigenvalue weighted by Gasteiger charge is -2.07. The minimum Gasteiger partial charge on any atom is -0.494 e. The topological polar surface area (TPSA) is 52.3 Å². The zero-order chi connectivity index (χ0) is 12.0. The Labute approximate surface area is 96.6 Å². The number of nitrogen functional groups attached to an aromatic ring is 1. The Balaban J connectivity index is 2.27. The van der Waals surface area contributed by atoms with Crippen LogP contribution in [0.25, 0.3) is 0 Å². The highest BCUT2D eigenvalue weighted by Gasteiger charge is 1.98. The summed E-state index contributed by atoms with van der Waals surface area (Å²) in [5, 5.41) is 0. The first-order valence-corrected chi connectivity index (χ1v) is 5.58. The molecule has 0 spiro atoms. The minimum absolute atomic E-state index is 0.236. The van der Waals surface area contributed by atoms with Crippen LogP contribution in [0.15, 0.2) is 18.2 Å². The molecule has 0 radical (unpaired) electrons. The van der Waals surface area contributed by atoms with Gasteiger partial charge in [-0.3, -0.25) is 0 Å². The van der Waals surface area contributed by atoms with Crippen LogP contribution in [0, 0.1) is 6.92 Å². The molecule has 0 aliphatic carbocycles. The maximum Gasteiger partial charge on any atom is 0.129 e. The molecule has 16 heavy (non-hydrogen) atoms. The molecule has 0 aliphatic rings. The number of aryl methyl sites for hydroxylation is 1. The molecular formula is C13H19NO2. The summed E-state index contributed by atoms with van der Waals surface area (Å²) in [6, 6.07) is 5.69. The molecule has 0 atom stereocenters. The van der Waals surface area contributed by atoms with Crippen molar-refractivity contribution in [3.8, 4) is 5.75 Å². The minimum atomic E-state index is 0.236. The quantitative estimate of drug-likeness (QED) is 0.593. The van der Waals surface area contributed by atoms with Gasteiger partial charge in [-0.25, -0.2) is 0 Å². The maximum absolute atomic E-state index is 10.7. The van der Waals surface area contributed by atoms with Crippen LogP contribution < -0.4 is 10.5 Å². The Bertz CT molecular complexity index is 361. The van der Waals surface area contributed by atoms with E-state index in [1.807, 2.05) is 25.1 Å². The van der Waals surface area contributed by atoms with Crippen LogP contribution in [0.1, 0.15) is 31.7 Å². The highest BCUT2D eigenvalue weighted by molar-refractivity contribution is 5.75. The van der Waals surface area contributed by atoms with Gasteiger partial charge in [-0.2, -0.15) is 0 Å². The first-order chi connectivity index (χ1) is 7.59. The van der Waals surface area contributed by atoms with E-state index >= 15 is 0 Å². The molecule has 0 heterocycles. The number of ketones is 1. The van der Waals surface area contributed by atoms with Crippen LogP contribution in [0.5, 0.6) is 5.75 Å². The Hall–Kier alpha value is -1.51. The maximum atomic E-state index is 10.7. The Morgan fingerprint density at radius 2 is 2.12 bits per heavy atom. The van der Waals surface area contributed by atoms with Gasteiger partial charge >= 0.3 is 0 Å². The first-order valence-electron chi connectivity index (χ1n) is 5.58. The van der Waals surface area contributed by atoms with Gasteiger partial charge in [0.15, 0.2) is 0 Å². The smallest absolute Gasteiger partial charge is 0.129 e. The number of carbonyl (C=O) groups excluding carboxylic acids is 1. The van der Waals surface area contributed by atoms with Gasteiger partial charge in [-0.05, 0) is 38.3 Å². The van der Waals surface area contributed by atoms with Crippen LogP contribution in [0.3, 0.4) is 0 Å². The van der Waals surface area contributed by atoms with Gasteiger partial charge in [0.05, 0.1) is 6.61 Å².